The Morgan fingerprint density at radius 1 is 1.33 bits per heavy atom. The van der Waals surface area contributed by atoms with Crippen molar-refractivity contribution in [2.75, 3.05) is 5.01 Å². The van der Waals surface area contributed by atoms with Gasteiger partial charge in [-0.1, -0.05) is 0 Å². The number of carbonyl (C=O) groups excluding carboxylic acids is 1. The van der Waals surface area contributed by atoms with Gasteiger partial charge in [0, 0.05) is 11.8 Å². The van der Waals surface area contributed by atoms with E-state index in [1.54, 1.807) is 6.92 Å². The first kappa shape index (κ1) is 12.5. The zero-order valence-corrected chi connectivity index (χ0v) is 9.56. The Kier molecular flexibility index (Phi) is 2.80. The lowest BCUT2D eigenvalue weighted by molar-refractivity contribution is -0.120. The van der Waals surface area contributed by atoms with Gasteiger partial charge in [-0.2, -0.15) is 23.3 Å². The van der Waals surface area contributed by atoms with Crippen LogP contribution in [0.5, 0.6) is 0 Å². The molecule has 96 valence electrons. The lowest BCUT2D eigenvalue weighted by Crippen LogP contribution is -2.31. The number of hydrogen-bond donors (Lipinski definition) is 0. The van der Waals surface area contributed by atoms with Crippen LogP contribution in [0.25, 0.3) is 0 Å². The molecule has 1 aromatic heterocycles. The fraction of sp³-hybridized carbons (Fsp3) is 0.400. The number of anilines is 1. The van der Waals surface area contributed by atoms with Gasteiger partial charge in [0.2, 0.25) is 0 Å². The lowest BCUT2D eigenvalue weighted by Gasteiger charge is -2.11. The lowest BCUT2D eigenvalue weighted by atomic mass is 10.1. The molecule has 0 aliphatic carbocycles. The van der Waals surface area contributed by atoms with Crippen LogP contribution in [0.4, 0.5) is 19.0 Å². The quantitative estimate of drug-likeness (QED) is 0.770. The van der Waals surface area contributed by atoms with E-state index < -0.39 is 23.7 Å². The molecule has 1 amide bonds. The Balaban J connectivity index is 2.41. The van der Waals surface area contributed by atoms with Gasteiger partial charge in [-0.05, 0) is 13.8 Å². The third-order valence-corrected chi connectivity index (χ3v) is 2.49. The number of aryl methyl sites for hydroxylation is 1. The summed E-state index contributed by atoms with van der Waals surface area (Å²) >= 11 is 0. The smallest absolute Gasteiger partial charge is 0.272 e. The van der Waals surface area contributed by atoms with E-state index in [0.29, 0.717) is 10.7 Å². The number of halogens is 3. The Morgan fingerprint density at radius 3 is 2.50 bits per heavy atom. The summed E-state index contributed by atoms with van der Waals surface area (Å²) in [4.78, 5) is 19.3. The van der Waals surface area contributed by atoms with E-state index in [4.69, 9.17) is 0 Å². The van der Waals surface area contributed by atoms with E-state index in [2.05, 4.69) is 15.1 Å². The fourth-order valence-corrected chi connectivity index (χ4v) is 1.57. The molecule has 0 spiro atoms. The molecular formula is C10H9F3N4O. The van der Waals surface area contributed by atoms with Gasteiger partial charge < -0.3 is 0 Å². The maximum atomic E-state index is 12.6. The normalized spacial score (nSPS) is 20.3. The van der Waals surface area contributed by atoms with Crippen LogP contribution in [0.15, 0.2) is 17.5 Å². The molecule has 0 N–H and O–H groups in total. The van der Waals surface area contributed by atoms with E-state index in [1.807, 2.05) is 0 Å². The van der Waals surface area contributed by atoms with E-state index in [1.165, 1.54) is 19.3 Å². The van der Waals surface area contributed by atoms with Crippen molar-refractivity contribution in [3.63, 3.8) is 0 Å². The molecule has 0 aromatic carbocycles. The molecule has 0 radical (unpaired) electrons. The summed E-state index contributed by atoms with van der Waals surface area (Å²) in [5, 5.41) is 3.99. The van der Waals surface area contributed by atoms with Crippen molar-refractivity contribution in [2.24, 2.45) is 11.0 Å². The highest BCUT2D eigenvalue weighted by Gasteiger charge is 2.48. The Hall–Kier alpha value is -1.99. The van der Waals surface area contributed by atoms with Gasteiger partial charge in [0.05, 0.1) is 5.92 Å². The second-order valence-electron chi connectivity index (χ2n) is 3.87. The van der Waals surface area contributed by atoms with Crippen molar-refractivity contribution >= 4 is 17.4 Å². The molecule has 1 unspecified atom stereocenters. The van der Waals surface area contributed by atoms with Crippen LogP contribution >= 0.6 is 0 Å². The molecule has 1 aliphatic heterocycles. The number of alkyl halides is 3. The van der Waals surface area contributed by atoms with Gasteiger partial charge in [0.1, 0.15) is 6.33 Å². The molecule has 1 aromatic rings. The van der Waals surface area contributed by atoms with Crippen molar-refractivity contribution in [1.82, 2.24) is 9.97 Å². The molecular weight excluding hydrogens is 249 g/mol. The molecule has 2 rings (SSSR count). The number of hydrazone groups is 1. The van der Waals surface area contributed by atoms with E-state index in [-0.39, 0.29) is 5.82 Å². The first-order chi connectivity index (χ1) is 8.30. The molecule has 5 nitrogen and oxygen atoms in total. The summed E-state index contributed by atoms with van der Waals surface area (Å²) in [5.74, 6) is -2.03. The van der Waals surface area contributed by atoms with Crippen molar-refractivity contribution in [3.05, 3.63) is 18.1 Å². The topological polar surface area (TPSA) is 58.5 Å². The first-order valence-corrected chi connectivity index (χ1v) is 5.09. The highest BCUT2D eigenvalue weighted by Crippen LogP contribution is 2.30. The van der Waals surface area contributed by atoms with Gasteiger partial charge in [-0.25, -0.2) is 9.97 Å². The molecule has 1 atom stereocenters. The summed E-state index contributed by atoms with van der Waals surface area (Å²) in [6.45, 7) is 2.81. The van der Waals surface area contributed by atoms with E-state index in [9.17, 15) is 18.0 Å². The minimum atomic E-state index is -4.62. The van der Waals surface area contributed by atoms with Crippen LogP contribution in [-0.4, -0.2) is 27.8 Å². The summed E-state index contributed by atoms with van der Waals surface area (Å²) in [6, 6.07) is 1.40. The van der Waals surface area contributed by atoms with Crippen molar-refractivity contribution in [3.8, 4) is 0 Å². The van der Waals surface area contributed by atoms with Crippen molar-refractivity contribution in [1.29, 1.82) is 0 Å². The molecule has 0 fully saturated rings. The minimum Gasteiger partial charge on any atom is -0.272 e. The minimum absolute atomic E-state index is 0.0404. The highest BCUT2D eigenvalue weighted by molar-refractivity contribution is 6.16. The van der Waals surface area contributed by atoms with Crippen LogP contribution in [0.1, 0.15) is 12.6 Å². The summed E-state index contributed by atoms with van der Waals surface area (Å²) in [5.41, 5.74) is -0.570. The second kappa shape index (κ2) is 4.04. The fourth-order valence-electron chi connectivity index (χ4n) is 1.57. The standard InChI is InChI=1S/C10H9F3N4O/c1-5-3-7(15-4-14-5)17-9(18)6(2)8(16-17)10(11,12)13/h3-4,6H,1-2H3. The number of aromatic nitrogens is 2. The molecule has 2 heterocycles. The third kappa shape index (κ3) is 2.05. The molecule has 18 heavy (non-hydrogen) atoms. The molecule has 0 saturated carbocycles. The number of rotatable bonds is 1. The molecule has 0 saturated heterocycles. The summed E-state index contributed by atoms with van der Waals surface area (Å²) < 4.78 is 37.8. The van der Waals surface area contributed by atoms with Gasteiger partial charge in [0.15, 0.2) is 11.5 Å². The zero-order chi connectivity index (χ0) is 13.5. The third-order valence-electron chi connectivity index (χ3n) is 2.49. The SMILES string of the molecule is Cc1cc(N2N=C(C(F)(F)F)C(C)C2=O)ncn1. The average Bonchev–Trinajstić information content (AvgIpc) is 2.55. The van der Waals surface area contributed by atoms with E-state index >= 15 is 0 Å². The first-order valence-electron chi connectivity index (χ1n) is 5.09. The maximum absolute atomic E-state index is 12.6. The number of amides is 1. The second-order valence-corrected chi connectivity index (χ2v) is 3.87. The monoisotopic (exact) mass is 258 g/mol. The Morgan fingerprint density at radius 2 is 2.00 bits per heavy atom. The largest absolute Gasteiger partial charge is 0.432 e. The predicted octanol–water partition coefficient (Wildman–Crippen LogP) is 1.69. The van der Waals surface area contributed by atoms with Crippen molar-refractivity contribution in [2.45, 2.75) is 20.0 Å². The van der Waals surface area contributed by atoms with Crippen LogP contribution in [0.2, 0.25) is 0 Å². The van der Waals surface area contributed by atoms with Crippen LogP contribution < -0.4 is 5.01 Å². The average molecular weight is 258 g/mol. The highest BCUT2D eigenvalue weighted by atomic mass is 19.4. The van der Waals surface area contributed by atoms with E-state index in [0.717, 1.165) is 0 Å². The zero-order valence-electron chi connectivity index (χ0n) is 9.56. The maximum Gasteiger partial charge on any atom is 0.432 e. The summed E-state index contributed by atoms with van der Waals surface area (Å²) in [7, 11) is 0. The predicted molar refractivity (Wildman–Crippen MR) is 56.9 cm³/mol. The van der Waals surface area contributed by atoms with Crippen LogP contribution in [0, 0.1) is 12.8 Å². The van der Waals surface area contributed by atoms with Gasteiger partial charge in [-0.3, -0.25) is 4.79 Å². The van der Waals surface area contributed by atoms with Crippen LogP contribution in [0.3, 0.4) is 0 Å². The number of nitrogens with zero attached hydrogens (tertiary/aromatic N) is 4. The Bertz CT molecular complexity index is 526. The van der Waals surface area contributed by atoms with Crippen LogP contribution in [-0.2, 0) is 4.79 Å². The van der Waals surface area contributed by atoms with Crippen molar-refractivity contribution < 1.29 is 18.0 Å². The Labute approximate surface area is 100 Å². The van der Waals surface area contributed by atoms with Gasteiger partial charge in [-0.15, -0.1) is 0 Å². The van der Waals surface area contributed by atoms with Gasteiger partial charge in [0.25, 0.3) is 5.91 Å². The molecule has 1 aliphatic rings. The van der Waals surface area contributed by atoms with Gasteiger partial charge >= 0.3 is 6.18 Å². The number of hydrogen-bond acceptors (Lipinski definition) is 4. The number of carbonyl (C=O) groups is 1. The molecule has 0 bridgehead atoms. The molecule has 8 heteroatoms. The summed E-state index contributed by atoms with van der Waals surface area (Å²) in [6.07, 6.45) is -3.45.